The van der Waals surface area contributed by atoms with E-state index in [-0.39, 0.29) is 17.2 Å². The number of amides is 1. The molecule has 1 heterocycles. The van der Waals surface area contributed by atoms with Crippen molar-refractivity contribution in [2.75, 3.05) is 13.1 Å². The lowest BCUT2D eigenvalue weighted by Crippen LogP contribution is -2.37. The number of aliphatic carboxylic acids is 1. The van der Waals surface area contributed by atoms with Gasteiger partial charge in [0, 0.05) is 18.1 Å². The molecule has 1 aliphatic heterocycles. The predicted molar refractivity (Wildman–Crippen MR) is 83.7 cm³/mol. The molecule has 3 rings (SSSR count). The van der Waals surface area contributed by atoms with Gasteiger partial charge in [0.1, 0.15) is 0 Å². The monoisotopic (exact) mass is 321 g/mol. The zero-order valence-corrected chi connectivity index (χ0v) is 13.3. The third-order valence-electron chi connectivity index (χ3n) is 5.01. The predicted octanol–water partition coefficient (Wildman–Crippen LogP) is 2.84. The molecule has 1 saturated heterocycles. The van der Waals surface area contributed by atoms with Crippen molar-refractivity contribution in [3.8, 4) is 0 Å². The molecule has 1 aromatic rings. The largest absolute Gasteiger partial charge is 0.481 e. The maximum Gasteiger partial charge on any atom is 0.308 e. The van der Waals surface area contributed by atoms with E-state index in [1.54, 1.807) is 4.90 Å². The van der Waals surface area contributed by atoms with Crippen LogP contribution in [0.25, 0.3) is 0 Å². The van der Waals surface area contributed by atoms with Crippen molar-refractivity contribution >= 4 is 23.5 Å². The average molecular weight is 322 g/mol. The first-order valence-corrected chi connectivity index (χ1v) is 8.06. The lowest BCUT2D eigenvalue weighted by Gasteiger charge is -2.23. The molecule has 0 aromatic heterocycles. The average Bonchev–Trinajstić information content (AvgIpc) is 3.15. The third kappa shape index (κ3) is 2.72. The minimum atomic E-state index is -0.807. The molecule has 1 aromatic carbocycles. The summed E-state index contributed by atoms with van der Waals surface area (Å²) in [6, 6.07) is 7.62. The molecule has 0 spiro atoms. The van der Waals surface area contributed by atoms with E-state index in [1.807, 2.05) is 31.2 Å². The summed E-state index contributed by atoms with van der Waals surface area (Å²) in [5.74, 6) is -1.14. The topological polar surface area (TPSA) is 57.6 Å². The highest BCUT2D eigenvalue weighted by atomic mass is 35.5. The molecule has 5 heteroatoms. The van der Waals surface area contributed by atoms with Gasteiger partial charge in [0.15, 0.2) is 0 Å². The zero-order valence-electron chi connectivity index (χ0n) is 12.6. The molecular weight excluding hydrogens is 302 g/mol. The van der Waals surface area contributed by atoms with Crippen LogP contribution in [0.1, 0.15) is 25.3 Å². The molecule has 2 aliphatic rings. The van der Waals surface area contributed by atoms with Crippen molar-refractivity contribution in [1.29, 1.82) is 0 Å². The fourth-order valence-corrected chi connectivity index (χ4v) is 3.62. The van der Waals surface area contributed by atoms with Crippen LogP contribution < -0.4 is 0 Å². The number of likely N-dealkylation sites (tertiary alicyclic amines) is 1. The summed E-state index contributed by atoms with van der Waals surface area (Å²) in [7, 11) is 0. The zero-order chi connectivity index (χ0) is 15.9. The first kappa shape index (κ1) is 15.3. The summed E-state index contributed by atoms with van der Waals surface area (Å²) in [6.07, 6.45) is 2.37. The third-order valence-corrected chi connectivity index (χ3v) is 5.38. The fourth-order valence-electron chi connectivity index (χ4n) is 3.41. The van der Waals surface area contributed by atoms with Gasteiger partial charge in [-0.2, -0.15) is 0 Å². The second kappa shape index (κ2) is 5.58. The molecule has 1 N–H and O–H groups in total. The number of rotatable bonds is 4. The van der Waals surface area contributed by atoms with Crippen molar-refractivity contribution in [1.82, 2.24) is 4.90 Å². The van der Waals surface area contributed by atoms with Gasteiger partial charge in [-0.25, -0.2) is 0 Å². The lowest BCUT2D eigenvalue weighted by atomic mass is 9.95. The standard InChI is InChI=1S/C17H20ClNO3/c1-11-9-19(10-13(11)15(20)21)16(22)17(6-7-17)8-12-4-2-3-5-14(12)18/h2-5,11,13H,6-10H2,1H3,(H,20,21)/t11-,13-/m1/s1. The Morgan fingerprint density at radius 1 is 1.32 bits per heavy atom. The molecule has 1 amide bonds. The van der Waals surface area contributed by atoms with E-state index in [9.17, 15) is 14.7 Å². The van der Waals surface area contributed by atoms with Crippen LogP contribution in [0.3, 0.4) is 0 Å². The van der Waals surface area contributed by atoms with Gasteiger partial charge < -0.3 is 10.0 Å². The van der Waals surface area contributed by atoms with Crippen LogP contribution >= 0.6 is 11.6 Å². The highest BCUT2D eigenvalue weighted by Crippen LogP contribution is 2.51. The number of benzene rings is 1. The van der Waals surface area contributed by atoms with Crippen molar-refractivity contribution < 1.29 is 14.7 Å². The molecule has 0 bridgehead atoms. The second-order valence-corrected chi connectivity index (χ2v) is 7.09. The van der Waals surface area contributed by atoms with Gasteiger partial charge >= 0.3 is 5.97 Å². The summed E-state index contributed by atoms with van der Waals surface area (Å²) >= 11 is 6.21. The Morgan fingerprint density at radius 2 is 2.00 bits per heavy atom. The van der Waals surface area contributed by atoms with Crippen LogP contribution in [-0.2, 0) is 16.0 Å². The molecule has 1 saturated carbocycles. The highest BCUT2D eigenvalue weighted by molar-refractivity contribution is 6.31. The minimum absolute atomic E-state index is 0.0116. The fraction of sp³-hybridized carbons (Fsp3) is 0.529. The van der Waals surface area contributed by atoms with Crippen molar-refractivity contribution in [3.63, 3.8) is 0 Å². The van der Waals surface area contributed by atoms with E-state index in [0.717, 1.165) is 18.4 Å². The van der Waals surface area contributed by atoms with Gasteiger partial charge in [-0.15, -0.1) is 0 Å². The normalized spacial score (nSPS) is 26.0. The Kier molecular flexibility index (Phi) is 3.89. The van der Waals surface area contributed by atoms with Gasteiger partial charge in [-0.1, -0.05) is 36.7 Å². The molecule has 4 nitrogen and oxygen atoms in total. The molecular formula is C17H20ClNO3. The number of nitrogens with zero attached hydrogens (tertiary/aromatic N) is 1. The number of halogens is 1. The van der Waals surface area contributed by atoms with Crippen LogP contribution in [0.5, 0.6) is 0 Å². The number of hydrogen-bond acceptors (Lipinski definition) is 2. The van der Waals surface area contributed by atoms with Crippen LogP contribution in [0.15, 0.2) is 24.3 Å². The maximum absolute atomic E-state index is 12.8. The summed E-state index contributed by atoms with van der Waals surface area (Å²) in [4.78, 5) is 25.8. The Morgan fingerprint density at radius 3 is 2.55 bits per heavy atom. The van der Waals surface area contributed by atoms with E-state index in [2.05, 4.69) is 0 Å². The number of carbonyl (C=O) groups excluding carboxylic acids is 1. The van der Waals surface area contributed by atoms with Crippen molar-refractivity contribution in [3.05, 3.63) is 34.9 Å². The van der Waals surface area contributed by atoms with Crippen molar-refractivity contribution in [2.45, 2.75) is 26.2 Å². The smallest absolute Gasteiger partial charge is 0.308 e. The van der Waals surface area contributed by atoms with Crippen LogP contribution in [0.2, 0.25) is 5.02 Å². The van der Waals surface area contributed by atoms with Crippen LogP contribution in [0.4, 0.5) is 0 Å². The number of hydrogen-bond donors (Lipinski definition) is 1. The number of carbonyl (C=O) groups is 2. The van der Waals surface area contributed by atoms with Crippen LogP contribution in [-0.4, -0.2) is 35.0 Å². The van der Waals surface area contributed by atoms with Gasteiger partial charge in [-0.3, -0.25) is 9.59 Å². The van der Waals surface area contributed by atoms with E-state index < -0.39 is 11.9 Å². The Bertz CT molecular complexity index is 612. The molecule has 0 radical (unpaired) electrons. The van der Waals surface area contributed by atoms with Gasteiger partial charge in [0.2, 0.25) is 5.91 Å². The van der Waals surface area contributed by atoms with E-state index in [0.29, 0.717) is 24.5 Å². The molecule has 22 heavy (non-hydrogen) atoms. The Labute approximate surface area is 135 Å². The first-order chi connectivity index (χ1) is 10.4. The summed E-state index contributed by atoms with van der Waals surface area (Å²) in [6.45, 7) is 2.78. The highest BCUT2D eigenvalue weighted by Gasteiger charge is 2.53. The van der Waals surface area contributed by atoms with Crippen molar-refractivity contribution in [2.24, 2.45) is 17.3 Å². The summed E-state index contributed by atoms with van der Waals surface area (Å²) in [5.41, 5.74) is 0.634. The molecule has 0 unspecified atom stereocenters. The van der Waals surface area contributed by atoms with Crippen LogP contribution in [0, 0.1) is 17.3 Å². The quantitative estimate of drug-likeness (QED) is 0.927. The molecule has 2 fully saturated rings. The van der Waals surface area contributed by atoms with Gasteiger partial charge in [0.25, 0.3) is 0 Å². The summed E-state index contributed by atoms with van der Waals surface area (Å²) in [5, 5.41) is 9.91. The molecule has 118 valence electrons. The number of carboxylic acid groups (broad SMARTS) is 1. The number of carboxylic acids is 1. The molecule has 2 atom stereocenters. The second-order valence-electron chi connectivity index (χ2n) is 6.68. The minimum Gasteiger partial charge on any atom is -0.481 e. The van der Waals surface area contributed by atoms with E-state index in [4.69, 9.17) is 11.6 Å². The maximum atomic E-state index is 12.8. The van der Waals surface area contributed by atoms with E-state index >= 15 is 0 Å². The van der Waals surface area contributed by atoms with Gasteiger partial charge in [0.05, 0.1) is 11.3 Å². The van der Waals surface area contributed by atoms with Gasteiger partial charge in [-0.05, 0) is 36.8 Å². The Balaban J connectivity index is 1.73. The summed E-state index contributed by atoms with van der Waals surface area (Å²) < 4.78 is 0. The van der Waals surface area contributed by atoms with E-state index in [1.165, 1.54) is 0 Å². The SMILES string of the molecule is C[C@@H]1CN(C(=O)C2(Cc3ccccc3Cl)CC2)C[C@H]1C(=O)O. The Hall–Kier alpha value is -1.55. The lowest BCUT2D eigenvalue weighted by molar-refractivity contribution is -0.142. The molecule has 1 aliphatic carbocycles. The first-order valence-electron chi connectivity index (χ1n) is 7.68.